The van der Waals surface area contributed by atoms with E-state index in [0.29, 0.717) is 10.9 Å². The van der Waals surface area contributed by atoms with Crippen LogP contribution in [0.5, 0.6) is 11.5 Å². The summed E-state index contributed by atoms with van der Waals surface area (Å²) >= 11 is 0. The van der Waals surface area contributed by atoms with Crippen molar-refractivity contribution in [2.75, 3.05) is 14.2 Å². The molecule has 0 saturated heterocycles. The first-order valence-corrected chi connectivity index (χ1v) is 8.50. The van der Waals surface area contributed by atoms with Gasteiger partial charge >= 0.3 is 0 Å². The van der Waals surface area contributed by atoms with E-state index in [2.05, 4.69) is 9.97 Å². The van der Waals surface area contributed by atoms with Crippen molar-refractivity contribution in [3.8, 4) is 33.8 Å². The topological polar surface area (TPSA) is 64.2 Å². The largest absolute Gasteiger partial charge is 0.497 e. The highest BCUT2D eigenvalue weighted by Crippen LogP contribution is 2.33. The van der Waals surface area contributed by atoms with Gasteiger partial charge in [-0.3, -0.25) is 4.79 Å². The molecule has 134 valence electrons. The second kappa shape index (κ2) is 6.96. The molecule has 0 saturated carbocycles. The van der Waals surface area contributed by atoms with E-state index in [0.717, 1.165) is 33.8 Å². The van der Waals surface area contributed by atoms with Crippen LogP contribution >= 0.6 is 0 Å². The van der Waals surface area contributed by atoms with Crippen LogP contribution in [0.4, 0.5) is 0 Å². The summed E-state index contributed by atoms with van der Waals surface area (Å²) in [6.45, 7) is 0. The SMILES string of the molecule is COc1ccc(-c2cc(-c3ccc(OC)cc3)c3c(=O)[nH]cnc3c2)cc1. The minimum atomic E-state index is -0.160. The average Bonchev–Trinajstić information content (AvgIpc) is 2.73. The van der Waals surface area contributed by atoms with Crippen molar-refractivity contribution in [1.82, 2.24) is 9.97 Å². The zero-order valence-corrected chi connectivity index (χ0v) is 15.0. The molecule has 27 heavy (non-hydrogen) atoms. The van der Waals surface area contributed by atoms with Crippen LogP contribution in [0.1, 0.15) is 0 Å². The Morgan fingerprint density at radius 3 is 1.96 bits per heavy atom. The number of methoxy groups -OCH3 is 2. The fraction of sp³-hybridized carbons (Fsp3) is 0.0909. The number of aromatic nitrogens is 2. The number of rotatable bonds is 4. The Morgan fingerprint density at radius 1 is 0.778 bits per heavy atom. The normalized spacial score (nSPS) is 10.7. The van der Waals surface area contributed by atoms with Crippen molar-refractivity contribution < 1.29 is 9.47 Å². The van der Waals surface area contributed by atoms with E-state index in [1.165, 1.54) is 6.33 Å². The molecular weight excluding hydrogens is 340 g/mol. The number of hydrogen-bond acceptors (Lipinski definition) is 4. The molecule has 0 atom stereocenters. The van der Waals surface area contributed by atoms with E-state index in [1.54, 1.807) is 14.2 Å². The quantitative estimate of drug-likeness (QED) is 0.592. The highest BCUT2D eigenvalue weighted by molar-refractivity contribution is 5.97. The maximum absolute atomic E-state index is 12.5. The summed E-state index contributed by atoms with van der Waals surface area (Å²) < 4.78 is 10.5. The lowest BCUT2D eigenvalue weighted by Crippen LogP contribution is -2.08. The summed E-state index contributed by atoms with van der Waals surface area (Å²) in [6, 6.07) is 19.4. The maximum Gasteiger partial charge on any atom is 0.259 e. The zero-order valence-electron chi connectivity index (χ0n) is 15.0. The molecule has 4 aromatic rings. The molecule has 5 nitrogen and oxygen atoms in total. The molecule has 0 bridgehead atoms. The number of aromatic amines is 1. The highest BCUT2D eigenvalue weighted by atomic mass is 16.5. The Labute approximate surface area is 156 Å². The Balaban J connectivity index is 1.95. The lowest BCUT2D eigenvalue weighted by atomic mass is 9.95. The van der Waals surface area contributed by atoms with Gasteiger partial charge in [0.05, 0.1) is 31.4 Å². The number of nitrogens with zero attached hydrogens (tertiary/aromatic N) is 1. The van der Waals surface area contributed by atoms with Gasteiger partial charge in [0.2, 0.25) is 0 Å². The zero-order chi connectivity index (χ0) is 18.8. The molecule has 0 amide bonds. The summed E-state index contributed by atoms with van der Waals surface area (Å²) in [4.78, 5) is 19.5. The number of hydrogen-bond donors (Lipinski definition) is 1. The van der Waals surface area contributed by atoms with Gasteiger partial charge in [0.15, 0.2) is 0 Å². The van der Waals surface area contributed by atoms with Crippen molar-refractivity contribution >= 4 is 10.9 Å². The molecule has 0 aliphatic heterocycles. The van der Waals surface area contributed by atoms with E-state index >= 15 is 0 Å². The molecular formula is C22H18N2O3. The maximum atomic E-state index is 12.5. The van der Waals surface area contributed by atoms with Crippen LogP contribution in [-0.2, 0) is 0 Å². The second-order valence-corrected chi connectivity index (χ2v) is 6.11. The van der Waals surface area contributed by atoms with Crippen molar-refractivity contribution in [2.45, 2.75) is 0 Å². The molecule has 0 aliphatic rings. The molecule has 1 aromatic heterocycles. The van der Waals surface area contributed by atoms with Gasteiger partial charge in [0.25, 0.3) is 5.56 Å². The van der Waals surface area contributed by atoms with Gasteiger partial charge in [0, 0.05) is 0 Å². The van der Waals surface area contributed by atoms with Gasteiger partial charge in [-0.2, -0.15) is 0 Å². The predicted octanol–water partition coefficient (Wildman–Crippen LogP) is 4.27. The first-order chi connectivity index (χ1) is 13.2. The van der Waals surface area contributed by atoms with Gasteiger partial charge in [-0.1, -0.05) is 24.3 Å². The van der Waals surface area contributed by atoms with Crippen LogP contribution in [0.15, 0.2) is 71.8 Å². The fourth-order valence-electron chi connectivity index (χ4n) is 3.15. The lowest BCUT2D eigenvalue weighted by Gasteiger charge is -2.11. The van der Waals surface area contributed by atoms with Crippen molar-refractivity contribution in [3.05, 3.63) is 77.3 Å². The molecule has 5 heteroatoms. The van der Waals surface area contributed by atoms with E-state index in [4.69, 9.17) is 9.47 Å². The molecule has 4 rings (SSSR count). The Kier molecular flexibility index (Phi) is 4.34. The minimum Gasteiger partial charge on any atom is -0.497 e. The van der Waals surface area contributed by atoms with E-state index in [9.17, 15) is 4.79 Å². The lowest BCUT2D eigenvalue weighted by molar-refractivity contribution is 0.415. The van der Waals surface area contributed by atoms with Crippen LogP contribution < -0.4 is 15.0 Å². The van der Waals surface area contributed by atoms with Crippen molar-refractivity contribution in [1.29, 1.82) is 0 Å². The summed E-state index contributed by atoms with van der Waals surface area (Å²) in [6.07, 6.45) is 1.43. The van der Waals surface area contributed by atoms with Gasteiger partial charge in [-0.15, -0.1) is 0 Å². The molecule has 0 spiro atoms. The second-order valence-electron chi connectivity index (χ2n) is 6.11. The highest BCUT2D eigenvalue weighted by Gasteiger charge is 2.12. The summed E-state index contributed by atoms with van der Waals surface area (Å²) in [5, 5.41) is 0.569. The molecule has 0 radical (unpaired) electrons. The van der Waals surface area contributed by atoms with Crippen LogP contribution in [0.2, 0.25) is 0 Å². The first kappa shape index (κ1) is 16.8. The number of H-pyrrole nitrogens is 1. The van der Waals surface area contributed by atoms with E-state index < -0.39 is 0 Å². The first-order valence-electron chi connectivity index (χ1n) is 8.50. The molecule has 0 aliphatic carbocycles. The molecule has 3 aromatic carbocycles. The van der Waals surface area contributed by atoms with E-state index in [1.807, 2.05) is 60.7 Å². The summed E-state index contributed by atoms with van der Waals surface area (Å²) in [7, 11) is 3.27. The minimum absolute atomic E-state index is 0.160. The van der Waals surface area contributed by atoms with Crippen LogP contribution in [0, 0.1) is 0 Å². The Hall–Kier alpha value is -3.60. The van der Waals surface area contributed by atoms with Crippen molar-refractivity contribution in [3.63, 3.8) is 0 Å². The molecule has 0 unspecified atom stereocenters. The monoisotopic (exact) mass is 358 g/mol. The number of ether oxygens (including phenoxy) is 2. The third-order valence-electron chi connectivity index (χ3n) is 4.57. The third kappa shape index (κ3) is 3.15. The average molecular weight is 358 g/mol. The van der Waals surface area contributed by atoms with Gasteiger partial charge in [-0.25, -0.2) is 4.98 Å². The van der Waals surface area contributed by atoms with E-state index in [-0.39, 0.29) is 5.56 Å². The standard InChI is InChI=1S/C22H18N2O3/c1-26-17-7-3-14(4-8-17)16-11-19(15-5-9-18(27-2)10-6-15)21-20(12-16)23-13-24-22(21)25/h3-13H,1-2H3,(H,23,24,25). The fourth-order valence-corrected chi connectivity index (χ4v) is 3.15. The Bertz CT molecular complexity index is 1150. The number of benzene rings is 3. The summed E-state index contributed by atoms with van der Waals surface area (Å²) in [5.74, 6) is 1.56. The van der Waals surface area contributed by atoms with Gasteiger partial charge in [-0.05, 0) is 58.7 Å². The molecule has 0 fully saturated rings. The van der Waals surface area contributed by atoms with Crippen molar-refractivity contribution in [2.24, 2.45) is 0 Å². The smallest absolute Gasteiger partial charge is 0.259 e. The number of fused-ring (bicyclic) bond motifs is 1. The molecule has 1 heterocycles. The summed E-state index contributed by atoms with van der Waals surface area (Å²) in [5.41, 5.74) is 4.25. The van der Waals surface area contributed by atoms with Crippen LogP contribution in [0.3, 0.4) is 0 Å². The van der Waals surface area contributed by atoms with Crippen LogP contribution in [0.25, 0.3) is 33.2 Å². The van der Waals surface area contributed by atoms with Gasteiger partial charge in [0.1, 0.15) is 11.5 Å². The van der Waals surface area contributed by atoms with Crippen LogP contribution in [-0.4, -0.2) is 24.2 Å². The predicted molar refractivity (Wildman–Crippen MR) is 106 cm³/mol. The number of nitrogens with one attached hydrogen (secondary N) is 1. The molecule has 1 N–H and O–H groups in total. The third-order valence-corrected chi connectivity index (χ3v) is 4.57. The van der Waals surface area contributed by atoms with Gasteiger partial charge < -0.3 is 14.5 Å². The Morgan fingerprint density at radius 2 is 1.37 bits per heavy atom.